The third-order valence-corrected chi connectivity index (χ3v) is 3.13. The van der Waals surface area contributed by atoms with E-state index in [9.17, 15) is 14.0 Å². The summed E-state index contributed by atoms with van der Waals surface area (Å²) in [5.41, 5.74) is 6.55. The van der Waals surface area contributed by atoms with Gasteiger partial charge < -0.3 is 15.8 Å². The Bertz CT molecular complexity index is 852. The predicted molar refractivity (Wildman–Crippen MR) is 93.4 cm³/mol. The zero-order chi connectivity index (χ0) is 18.2. The molecular weight excluding hydrogens is 323 g/mol. The molecule has 0 aliphatic heterocycles. The Morgan fingerprint density at radius 2 is 1.96 bits per heavy atom. The zero-order valence-corrected chi connectivity index (χ0v) is 13.2. The Morgan fingerprint density at radius 3 is 2.60 bits per heavy atom. The number of halogens is 1. The number of ether oxygens (including phenoxy) is 1. The minimum atomic E-state index is -0.524. The van der Waals surface area contributed by atoms with Gasteiger partial charge in [0.1, 0.15) is 18.2 Å². The molecule has 3 N–H and O–H groups in total. The lowest BCUT2D eigenvalue weighted by molar-refractivity contribution is -0.111. The summed E-state index contributed by atoms with van der Waals surface area (Å²) in [6, 6.07) is 10.2. The number of amides is 2. The summed E-state index contributed by atoms with van der Waals surface area (Å²) >= 11 is 0. The highest BCUT2D eigenvalue weighted by molar-refractivity contribution is 6.02. The van der Waals surface area contributed by atoms with Gasteiger partial charge in [-0.05, 0) is 35.9 Å². The normalized spacial score (nSPS) is 10.2. The van der Waals surface area contributed by atoms with Gasteiger partial charge in [-0.2, -0.15) is 0 Å². The van der Waals surface area contributed by atoms with Crippen LogP contribution in [0.3, 0.4) is 0 Å². The molecule has 2 aromatic rings. The molecular formula is C19H15FN2O3. The second-order valence-electron chi connectivity index (χ2n) is 4.94. The number of anilines is 1. The SMILES string of the molecule is C#CCOc1cc(F)ccc1NC(=O)/C=C/c1ccc(C(N)=O)cc1. The first-order chi connectivity index (χ1) is 12.0. The topological polar surface area (TPSA) is 81.4 Å². The van der Waals surface area contributed by atoms with Crippen molar-refractivity contribution in [1.29, 1.82) is 0 Å². The van der Waals surface area contributed by atoms with Gasteiger partial charge in [0.25, 0.3) is 0 Å². The van der Waals surface area contributed by atoms with Crippen LogP contribution >= 0.6 is 0 Å². The molecule has 5 nitrogen and oxygen atoms in total. The van der Waals surface area contributed by atoms with E-state index in [4.69, 9.17) is 16.9 Å². The highest BCUT2D eigenvalue weighted by Gasteiger charge is 2.07. The largest absolute Gasteiger partial charge is 0.479 e. The summed E-state index contributed by atoms with van der Waals surface area (Å²) in [6.07, 6.45) is 7.97. The van der Waals surface area contributed by atoms with Crippen molar-refractivity contribution in [3.05, 3.63) is 65.5 Å². The van der Waals surface area contributed by atoms with Crippen LogP contribution in [0.2, 0.25) is 0 Å². The van der Waals surface area contributed by atoms with E-state index in [1.165, 1.54) is 18.2 Å². The number of hydrogen-bond donors (Lipinski definition) is 2. The molecule has 0 unspecified atom stereocenters. The molecule has 2 aromatic carbocycles. The van der Waals surface area contributed by atoms with E-state index in [2.05, 4.69) is 11.2 Å². The molecule has 0 saturated heterocycles. The van der Waals surface area contributed by atoms with Gasteiger partial charge in [0.15, 0.2) is 0 Å². The third kappa shape index (κ3) is 5.22. The third-order valence-electron chi connectivity index (χ3n) is 3.13. The molecule has 6 heteroatoms. The first-order valence-electron chi connectivity index (χ1n) is 7.24. The van der Waals surface area contributed by atoms with Crippen LogP contribution in [0.25, 0.3) is 6.08 Å². The van der Waals surface area contributed by atoms with E-state index in [1.54, 1.807) is 30.3 Å². The summed E-state index contributed by atoms with van der Waals surface area (Å²) in [5, 5.41) is 2.59. The fraction of sp³-hybridized carbons (Fsp3) is 0.0526. The van der Waals surface area contributed by atoms with Crippen molar-refractivity contribution in [2.75, 3.05) is 11.9 Å². The number of primary amides is 1. The molecule has 0 aliphatic rings. The lowest BCUT2D eigenvalue weighted by Gasteiger charge is -2.10. The Morgan fingerprint density at radius 1 is 1.24 bits per heavy atom. The van der Waals surface area contributed by atoms with Crippen LogP contribution in [0.5, 0.6) is 5.75 Å². The lowest BCUT2D eigenvalue weighted by Crippen LogP contribution is -2.10. The molecule has 25 heavy (non-hydrogen) atoms. The van der Waals surface area contributed by atoms with Crippen molar-refractivity contribution < 1.29 is 18.7 Å². The number of hydrogen-bond acceptors (Lipinski definition) is 3. The minimum Gasteiger partial charge on any atom is -0.479 e. The van der Waals surface area contributed by atoms with Crippen LogP contribution in [-0.2, 0) is 4.79 Å². The summed E-state index contributed by atoms with van der Waals surface area (Å²) in [7, 11) is 0. The van der Waals surface area contributed by atoms with E-state index in [1.807, 2.05) is 0 Å². The van der Waals surface area contributed by atoms with Gasteiger partial charge in [0.2, 0.25) is 11.8 Å². The summed E-state index contributed by atoms with van der Waals surface area (Å²) < 4.78 is 18.5. The van der Waals surface area contributed by atoms with Gasteiger partial charge in [-0.1, -0.05) is 18.1 Å². The number of rotatable bonds is 6. The van der Waals surface area contributed by atoms with Gasteiger partial charge >= 0.3 is 0 Å². The molecule has 0 bridgehead atoms. The first kappa shape index (κ1) is 17.8. The number of terminal acetylenes is 1. The van der Waals surface area contributed by atoms with Crippen LogP contribution in [0.1, 0.15) is 15.9 Å². The molecule has 0 fully saturated rings. The number of carbonyl (C=O) groups is 2. The van der Waals surface area contributed by atoms with E-state index < -0.39 is 17.6 Å². The maximum Gasteiger partial charge on any atom is 0.248 e. The Kier molecular flexibility index (Phi) is 5.91. The lowest BCUT2D eigenvalue weighted by atomic mass is 10.1. The molecule has 0 spiro atoms. The van der Waals surface area contributed by atoms with Crippen molar-refractivity contribution in [1.82, 2.24) is 0 Å². The van der Waals surface area contributed by atoms with Crippen molar-refractivity contribution in [2.24, 2.45) is 5.73 Å². The van der Waals surface area contributed by atoms with Gasteiger partial charge in [-0.3, -0.25) is 9.59 Å². The molecule has 0 radical (unpaired) electrons. The minimum absolute atomic E-state index is 0.0472. The molecule has 2 amide bonds. The standard InChI is InChI=1S/C19H15FN2O3/c1-2-11-25-17-12-15(20)8-9-16(17)22-18(23)10-5-13-3-6-14(7-4-13)19(21)24/h1,3-10,12H,11H2,(H2,21,24)(H,22,23)/b10-5+. The number of nitrogens with two attached hydrogens (primary N) is 1. The highest BCUT2D eigenvalue weighted by Crippen LogP contribution is 2.25. The van der Waals surface area contributed by atoms with Crippen molar-refractivity contribution in [2.45, 2.75) is 0 Å². The Balaban J connectivity index is 2.07. The van der Waals surface area contributed by atoms with Crippen LogP contribution < -0.4 is 15.8 Å². The summed E-state index contributed by atoms with van der Waals surface area (Å²) in [5.74, 6) is 0.952. The summed E-state index contributed by atoms with van der Waals surface area (Å²) in [6.45, 7) is -0.0472. The van der Waals surface area contributed by atoms with Crippen molar-refractivity contribution >= 4 is 23.6 Å². The second kappa shape index (κ2) is 8.31. The van der Waals surface area contributed by atoms with Crippen LogP contribution in [0, 0.1) is 18.2 Å². The smallest absolute Gasteiger partial charge is 0.248 e. The van der Waals surface area contributed by atoms with Gasteiger partial charge in [0, 0.05) is 17.7 Å². The second-order valence-corrected chi connectivity index (χ2v) is 4.94. The molecule has 2 rings (SSSR count). The molecule has 0 heterocycles. The van der Waals surface area contributed by atoms with E-state index >= 15 is 0 Å². The Hall–Kier alpha value is -3.59. The zero-order valence-electron chi connectivity index (χ0n) is 13.2. The maximum absolute atomic E-state index is 13.3. The van der Waals surface area contributed by atoms with Crippen LogP contribution in [0.15, 0.2) is 48.5 Å². The van der Waals surface area contributed by atoms with Gasteiger partial charge in [-0.15, -0.1) is 6.42 Å². The fourth-order valence-corrected chi connectivity index (χ4v) is 1.94. The fourth-order valence-electron chi connectivity index (χ4n) is 1.94. The van der Waals surface area contributed by atoms with Crippen molar-refractivity contribution in [3.8, 4) is 18.1 Å². The molecule has 0 aromatic heterocycles. The molecule has 126 valence electrons. The number of benzene rings is 2. The monoisotopic (exact) mass is 338 g/mol. The first-order valence-corrected chi connectivity index (χ1v) is 7.24. The number of nitrogens with one attached hydrogen (secondary N) is 1. The van der Waals surface area contributed by atoms with E-state index in [0.29, 0.717) is 16.8 Å². The average Bonchev–Trinajstić information content (AvgIpc) is 2.60. The van der Waals surface area contributed by atoms with E-state index in [-0.39, 0.29) is 12.4 Å². The molecule has 0 aliphatic carbocycles. The van der Waals surface area contributed by atoms with Gasteiger partial charge in [0.05, 0.1) is 5.69 Å². The number of carbonyl (C=O) groups excluding carboxylic acids is 2. The van der Waals surface area contributed by atoms with Crippen molar-refractivity contribution in [3.63, 3.8) is 0 Å². The van der Waals surface area contributed by atoms with E-state index in [0.717, 1.165) is 6.07 Å². The average molecular weight is 338 g/mol. The van der Waals surface area contributed by atoms with Gasteiger partial charge in [-0.25, -0.2) is 4.39 Å². The van der Waals surface area contributed by atoms with Crippen LogP contribution in [0.4, 0.5) is 10.1 Å². The highest BCUT2D eigenvalue weighted by atomic mass is 19.1. The van der Waals surface area contributed by atoms with Crippen LogP contribution in [-0.4, -0.2) is 18.4 Å². The Labute approximate surface area is 144 Å². The quantitative estimate of drug-likeness (QED) is 0.627. The molecule has 0 saturated carbocycles. The maximum atomic E-state index is 13.3. The summed E-state index contributed by atoms with van der Waals surface area (Å²) in [4.78, 5) is 23.0. The molecule has 0 atom stereocenters. The predicted octanol–water partition coefficient (Wildman–Crippen LogP) is 2.59.